The highest BCUT2D eigenvalue weighted by atomic mass is 16.5. The molecule has 98 valence electrons. The van der Waals surface area contributed by atoms with Crippen LogP contribution in [0.5, 0.6) is 5.75 Å². The molecule has 1 aromatic carbocycles. The van der Waals surface area contributed by atoms with Crippen LogP contribution in [0.2, 0.25) is 0 Å². The molecule has 2 aliphatic carbocycles. The Morgan fingerprint density at radius 3 is 2.56 bits per heavy atom. The van der Waals surface area contributed by atoms with E-state index in [1.165, 1.54) is 49.7 Å². The first-order chi connectivity index (χ1) is 8.79. The predicted molar refractivity (Wildman–Crippen MR) is 74.2 cm³/mol. The lowest BCUT2D eigenvalue weighted by Crippen LogP contribution is -2.20. The molecule has 0 bridgehead atoms. The van der Waals surface area contributed by atoms with Crippen molar-refractivity contribution < 1.29 is 4.74 Å². The molecule has 0 aromatic heterocycles. The number of hydrogen-bond donors (Lipinski definition) is 1. The second kappa shape index (κ2) is 4.58. The van der Waals surface area contributed by atoms with Crippen LogP contribution in [0.25, 0.3) is 0 Å². The van der Waals surface area contributed by atoms with Gasteiger partial charge in [-0.25, -0.2) is 0 Å². The first-order valence-corrected chi connectivity index (χ1v) is 7.17. The summed E-state index contributed by atoms with van der Waals surface area (Å²) in [5.74, 6) is 1.77. The molecule has 2 N–H and O–H groups in total. The monoisotopic (exact) mass is 245 g/mol. The van der Waals surface area contributed by atoms with E-state index in [4.69, 9.17) is 10.5 Å². The van der Waals surface area contributed by atoms with Crippen molar-refractivity contribution in [2.75, 3.05) is 13.7 Å². The number of hydrogen-bond acceptors (Lipinski definition) is 2. The van der Waals surface area contributed by atoms with Gasteiger partial charge in [-0.3, -0.25) is 0 Å². The van der Waals surface area contributed by atoms with E-state index in [1.807, 2.05) is 0 Å². The average Bonchev–Trinajstić information content (AvgIpc) is 3.04. The highest BCUT2D eigenvalue weighted by molar-refractivity contribution is 5.44. The molecule has 1 aromatic rings. The number of benzene rings is 1. The predicted octanol–water partition coefficient (Wildman–Crippen LogP) is 3.34. The third-order valence-electron chi connectivity index (χ3n) is 4.88. The Bertz CT molecular complexity index is 431. The second-order valence-electron chi connectivity index (χ2n) is 5.92. The minimum atomic E-state index is 0.291. The van der Waals surface area contributed by atoms with E-state index in [0.29, 0.717) is 11.3 Å². The van der Waals surface area contributed by atoms with Crippen LogP contribution in [0.15, 0.2) is 18.2 Å². The van der Waals surface area contributed by atoms with Crippen molar-refractivity contribution in [2.24, 2.45) is 5.73 Å². The van der Waals surface area contributed by atoms with Gasteiger partial charge in [-0.05, 0) is 48.8 Å². The third kappa shape index (κ3) is 1.93. The summed E-state index contributed by atoms with van der Waals surface area (Å²) in [6, 6.07) is 6.75. The van der Waals surface area contributed by atoms with E-state index in [0.717, 1.165) is 12.3 Å². The van der Waals surface area contributed by atoms with Gasteiger partial charge in [0.05, 0.1) is 7.11 Å². The van der Waals surface area contributed by atoms with Crippen molar-refractivity contribution in [2.45, 2.75) is 49.9 Å². The number of ether oxygens (including phenoxy) is 1. The van der Waals surface area contributed by atoms with E-state index in [-0.39, 0.29) is 0 Å². The summed E-state index contributed by atoms with van der Waals surface area (Å²) in [7, 11) is 1.78. The average molecular weight is 245 g/mol. The molecule has 2 heteroatoms. The van der Waals surface area contributed by atoms with Crippen LogP contribution in [0.4, 0.5) is 0 Å². The number of methoxy groups -OCH3 is 1. The maximum absolute atomic E-state index is 5.94. The standard InChI is InChI=1S/C16H23NO/c1-18-15-7-6-13(16(11-17)8-9-16)10-14(15)12-4-2-3-5-12/h6-7,10,12H,2-5,8-9,11,17H2,1H3. The fourth-order valence-corrected chi connectivity index (χ4v) is 3.38. The van der Waals surface area contributed by atoms with Crippen molar-refractivity contribution in [3.8, 4) is 5.75 Å². The zero-order chi connectivity index (χ0) is 12.6. The van der Waals surface area contributed by atoms with Gasteiger partial charge < -0.3 is 10.5 Å². The number of rotatable bonds is 4. The Morgan fingerprint density at radius 1 is 1.28 bits per heavy atom. The van der Waals surface area contributed by atoms with Crippen molar-refractivity contribution in [3.05, 3.63) is 29.3 Å². The first-order valence-electron chi connectivity index (χ1n) is 7.17. The molecule has 2 fully saturated rings. The summed E-state index contributed by atoms with van der Waals surface area (Å²) in [6.45, 7) is 0.781. The highest BCUT2D eigenvalue weighted by Gasteiger charge is 2.43. The highest BCUT2D eigenvalue weighted by Crippen LogP contribution is 2.49. The Hall–Kier alpha value is -1.02. The van der Waals surface area contributed by atoms with Crippen molar-refractivity contribution in [1.29, 1.82) is 0 Å². The molecule has 2 nitrogen and oxygen atoms in total. The fraction of sp³-hybridized carbons (Fsp3) is 0.625. The summed E-state index contributed by atoms with van der Waals surface area (Å²) in [4.78, 5) is 0. The minimum Gasteiger partial charge on any atom is -0.496 e. The van der Waals surface area contributed by atoms with E-state index in [1.54, 1.807) is 7.11 Å². The summed E-state index contributed by atoms with van der Waals surface area (Å²) in [5, 5.41) is 0. The van der Waals surface area contributed by atoms with Crippen LogP contribution in [0.3, 0.4) is 0 Å². The SMILES string of the molecule is COc1ccc(C2(CN)CC2)cc1C1CCCC1. The Kier molecular flexibility index (Phi) is 3.06. The Balaban J connectivity index is 1.96. The lowest BCUT2D eigenvalue weighted by atomic mass is 9.89. The van der Waals surface area contributed by atoms with Gasteiger partial charge in [0.2, 0.25) is 0 Å². The molecule has 3 rings (SSSR count). The molecule has 0 aliphatic heterocycles. The maximum atomic E-state index is 5.94. The van der Waals surface area contributed by atoms with E-state index >= 15 is 0 Å². The van der Waals surface area contributed by atoms with Crippen LogP contribution < -0.4 is 10.5 Å². The van der Waals surface area contributed by atoms with E-state index in [9.17, 15) is 0 Å². The molecule has 0 amide bonds. The van der Waals surface area contributed by atoms with Crippen molar-refractivity contribution in [3.63, 3.8) is 0 Å². The molecule has 2 aliphatic rings. The van der Waals surface area contributed by atoms with Gasteiger partial charge in [-0.2, -0.15) is 0 Å². The van der Waals surface area contributed by atoms with Gasteiger partial charge in [0.1, 0.15) is 5.75 Å². The van der Waals surface area contributed by atoms with Crippen LogP contribution in [-0.2, 0) is 5.41 Å². The largest absolute Gasteiger partial charge is 0.496 e. The van der Waals surface area contributed by atoms with Gasteiger partial charge in [-0.1, -0.05) is 25.0 Å². The minimum absolute atomic E-state index is 0.291. The molecule has 2 saturated carbocycles. The van der Waals surface area contributed by atoms with Gasteiger partial charge in [0.25, 0.3) is 0 Å². The van der Waals surface area contributed by atoms with Gasteiger partial charge in [-0.15, -0.1) is 0 Å². The second-order valence-corrected chi connectivity index (χ2v) is 5.92. The Labute approximate surface area is 110 Å². The molecule has 0 spiro atoms. The van der Waals surface area contributed by atoms with Gasteiger partial charge in [0.15, 0.2) is 0 Å². The van der Waals surface area contributed by atoms with Crippen LogP contribution in [0.1, 0.15) is 55.6 Å². The summed E-state index contributed by atoms with van der Waals surface area (Å²) < 4.78 is 5.55. The van der Waals surface area contributed by atoms with Crippen LogP contribution in [0, 0.1) is 0 Å². The van der Waals surface area contributed by atoms with Crippen molar-refractivity contribution >= 4 is 0 Å². The zero-order valence-corrected chi connectivity index (χ0v) is 11.2. The van der Waals surface area contributed by atoms with Crippen LogP contribution >= 0.6 is 0 Å². The topological polar surface area (TPSA) is 35.2 Å². The summed E-state index contributed by atoms with van der Waals surface area (Å²) in [6.07, 6.45) is 7.85. The molecular weight excluding hydrogens is 222 g/mol. The molecule has 0 radical (unpaired) electrons. The summed E-state index contributed by atoms with van der Waals surface area (Å²) >= 11 is 0. The third-order valence-corrected chi connectivity index (χ3v) is 4.88. The lowest BCUT2D eigenvalue weighted by molar-refractivity contribution is 0.405. The zero-order valence-electron chi connectivity index (χ0n) is 11.2. The van der Waals surface area contributed by atoms with Gasteiger partial charge in [0, 0.05) is 12.0 Å². The molecule has 0 saturated heterocycles. The lowest BCUT2D eigenvalue weighted by Gasteiger charge is -2.19. The Morgan fingerprint density at radius 2 is 2.00 bits per heavy atom. The quantitative estimate of drug-likeness (QED) is 0.883. The molecule has 0 heterocycles. The molecule has 0 atom stereocenters. The molecule has 18 heavy (non-hydrogen) atoms. The van der Waals surface area contributed by atoms with E-state index in [2.05, 4.69) is 18.2 Å². The van der Waals surface area contributed by atoms with Gasteiger partial charge >= 0.3 is 0 Å². The fourth-order valence-electron chi connectivity index (χ4n) is 3.38. The maximum Gasteiger partial charge on any atom is 0.122 e. The normalized spacial score (nSPS) is 22.1. The summed E-state index contributed by atoms with van der Waals surface area (Å²) in [5.41, 5.74) is 9.10. The number of nitrogens with two attached hydrogens (primary N) is 1. The smallest absolute Gasteiger partial charge is 0.122 e. The molecular formula is C16H23NO. The van der Waals surface area contributed by atoms with Crippen molar-refractivity contribution in [1.82, 2.24) is 0 Å². The van der Waals surface area contributed by atoms with E-state index < -0.39 is 0 Å². The van der Waals surface area contributed by atoms with Crippen LogP contribution in [-0.4, -0.2) is 13.7 Å². The molecule has 0 unspecified atom stereocenters. The first kappa shape index (κ1) is 12.0.